The van der Waals surface area contributed by atoms with Crippen LogP contribution in [0.2, 0.25) is 0 Å². The summed E-state index contributed by atoms with van der Waals surface area (Å²) in [5.74, 6) is 0.281. The van der Waals surface area contributed by atoms with Crippen molar-refractivity contribution in [3.8, 4) is 5.75 Å². The van der Waals surface area contributed by atoms with Gasteiger partial charge < -0.3 is 9.47 Å². The van der Waals surface area contributed by atoms with Gasteiger partial charge in [-0.2, -0.15) is 0 Å². The lowest BCUT2D eigenvalue weighted by Gasteiger charge is -2.20. The van der Waals surface area contributed by atoms with Crippen LogP contribution in [0, 0.1) is 0 Å². The first-order chi connectivity index (χ1) is 11.1. The highest BCUT2D eigenvalue weighted by molar-refractivity contribution is 5.84. The van der Waals surface area contributed by atoms with E-state index in [1.165, 1.54) is 5.56 Å². The third-order valence-corrected chi connectivity index (χ3v) is 4.28. The van der Waals surface area contributed by atoms with Gasteiger partial charge in [0.25, 0.3) is 0 Å². The summed E-state index contributed by atoms with van der Waals surface area (Å²) in [6.07, 6.45) is 1.69. The van der Waals surface area contributed by atoms with E-state index in [-0.39, 0.29) is 18.0 Å². The largest absolute Gasteiger partial charge is 0.497 e. The van der Waals surface area contributed by atoms with Crippen molar-refractivity contribution >= 4 is 5.97 Å². The standard InChI is InChI=1S/C20H22O3/c1-13(2)23-20(21)19-17-7-5-4-6-14(17)8-9-15-12-16(22-3)10-11-18(15)19/h4-7,10-13,19H,8-9H2,1-3H3. The molecular weight excluding hydrogens is 288 g/mol. The number of methoxy groups -OCH3 is 1. The molecule has 0 bridgehead atoms. The fraction of sp³-hybridized carbons (Fsp3) is 0.350. The number of esters is 1. The molecule has 3 nitrogen and oxygen atoms in total. The van der Waals surface area contributed by atoms with Gasteiger partial charge in [0, 0.05) is 0 Å². The van der Waals surface area contributed by atoms with Gasteiger partial charge in [0.15, 0.2) is 0 Å². The number of carbonyl (C=O) groups excluding carboxylic acids is 1. The Balaban J connectivity index is 2.13. The van der Waals surface area contributed by atoms with Crippen molar-refractivity contribution in [2.75, 3.05) is 7.11 Å². The molecule has 1 aliphatic rings. The third kappa shape index (κ3) is 3.09. The molecule has 0 saturated heterocycles. The molecular formula is C20H22O3. The van der Waals surface area contributed by atoms with E-state index in [1.807, 2.05) is 50.2 Å². The highest BCUT2D eigenvalue weighted by Gasteiger charge is 2.31. The summed E-state index contributed by atoms with van der Waals surface area (Å²) in [7, 11) is 1.66. The van der Waals surface area contributed by atoms with Gasteiger partial charge in [-0.3, -0.25) is 4.79 Å². The molecule has 1 atom stereocenters. The number of ether oxygens (including phenoxy) is 2. The quantitative estimate of drug-likeness (QED) is 0.807. The van der Waals surface area contributed by atoms with Crippen molar-refractivity contribution in [3.05, 3.63) is 64.7 Å². The maximum Gasteiger partial charge on any atom is 0.318 e. The molecule has 0 aromatic heterocycles. The molecule has 3 rings (SSSR count). The molecule has 0 heterocycles. The molecule has 2 aromatic rings. The van der Waals surface area contributed by atoms with Crippen molar-refractivity contribution in [2.24, 2.45) is 0 Å². The van der Waals surface area contributed by atoms with Crippen molar-refractivity contribution in [3.63, 3.8) is 0 Å². The summed E-state index contributed by atoms with van der Waals surface area (Å²) in [4.78, 5) is 12.8. The molecule has 0 aliphatic heterocycles. The first-order valence-electron chi connectivity index (χ1n) is 8.05. The Kier molecular flexibility index (Phi) is 4.37. The molecule has 0 spiro atoms. The second-order valence-corrected chi connectivity index (χ2v) is 6.18. The lowest BCUT2D eigenvalue weighted by Crippen LogP contribution is -2.21. The summed E-state index contributed by atoms with van der Waals surface area (Å²) in [5, 5.41) is 0. The van der Waals surface area contributed by atoms with Gasteiger partial charge >= 0.3 is 5.97 Å². The zero-order valence-electron chi connectivity index (χ0n) is 13.8. The van der Waals surface area contributed by atoms with Crippen LogP contribution in [0.3, 0.4) is 0 Å². The zero-order chi connectivity index (χ0) is 16.4. The van der Waals surface area contributed by atoms with E-state index >= 15 is 0 Å². The van der Waals surface area contributed by atoms with Gasteiger partial charge in [0.1, 0.15) is 11.7 Å². The monoisotopic (exact) mass is 310 g/mol. The predicted molar refractivity (Wildman–Crippen MR) is 89.9 cm³/mol. The Morgan fingerprint density at radius 3 is 2.48 bits per heavy atom. The molecule has 2 aromatic carbocycles. The minimum Gasteiger partial charge on any atom is -0.497 e. The zero-order valence-corrected chi connectivity index (χ0v) is 13.8. The number of fused-ring (bicyclic) bond motifs is 2. The van der Waals surface area contributed by atoms with Crippen LogP contribution in [0.1, 0.15) is 42.0 Å². The van der Waals surface area contributed by atoms with E-state index in [2.05, 4.69) is 6.07 Å². The first-order valence-corrected chi connectivity index (χ1v) is 8.05. The molecule has 0 fully saturated rings. The number of hydrogen-bond acceptors (Lipinski definition) is 3. The van der Waals surface area contributed by atoms with Crippen molar-refractivity contribution in [1.29, 1.82) is 0 Å². The summed E-state index contributed by atoms with van der Waals surface area (Å²) < 4.78 is 10.9. The molecule has 0 amide bonds. The molecule has 0 saturated carbocycles. The number of aryl methyl sites for hydroxylation is 2. The molecule has 3 heteroatoms. The topological polar surface area (TPSA) is 35.5 Å². The minimum atomic E-state index is -0.364. The van der Waals surface area contributed by atoms with E-state index in [0.717, 1.165) is 35.3 Å². The average Bonchev–Trinajstić information content (AvgIpc) is 2.70. The highest BCUT2D eigenvalue weighted by Crippen LogP contribution is 2.36. The normalized spacial score (nSPS) is 16.3. The van der Waals surface area contributed by atoms with Gasteiger partial charge in [-0.05, 0) is 61.1 Å². The van der Waals surface area contributed by atoms with Crippen LogP contribution in [0.5, 0.6) is 5.75 Å². The van der Waals surface area contributed by atoms with Crippen LogP contribution in [-0.4, -0.2) is 19.2 Å². The summed E-state index contributed by atoms with van der Waals surface area (Å²) in [6, 6.07) is 14.1. The summed E-state index contributed by atoms with van der Waals surface area (Å²) >= 11 is 0. The fourth-order valence-electron chi connectivity index (χ4n) is 3.24. The van der Waals surface area contributed by atoms with Gasteiger partial charge in [-0.15, -0.1) is 0 Å². The first kappa shape index (κ1) is 15.6. The second kappa shape index (κ2) is 6.45. The molecule has 120 valence electrons. The Labute approximate surface area is 137 Å². The molecule has 0 radical (unpaired) electrons. The molecule has 23 heavy (non-hydrogen) atoms. The SMILES string of the molecule is COc1ccc2c(c1)CCc1ccccc1C2C(=O)OC(C)C. The Morgan fingerprint density at radius 2 is 1.74 bits per heavy atom. The number of carbonyl (C=O) groups is 1. The Bertz CT molecular complexity index is 719. The average molecular weight is 310 g/mol. The Morgan fingerprint density at radius 1 is 1.04 bits per heavy atom. The smallest absolute Gasteiger partial charge is 0.318 e. The fourth-order valence-corrected chi connectivity index (χ4v) is 3.24. The van der Waals surface area contributed by atoms with Crippen molar-refractivity contribution in [2.45, 2.75) is 38.7 Å². The van der Waals surface area contributed by atoms with Crippen LogP contribution in [0.4, 0.5) is 0 Å². The molecule has 1 unspecified atom stereocenters. The van der Waals surface area contributed by atoms with Crippen LogP contribution in [0.25, 0.3) is 0 Å². The van der Waals surface area contributed by atoms with Crippen LogP contribution >= 0.6 is 0 Å². The van der Waals surface area contributed by atoms with Crippen LogP contribution in [0.15, 0.2) is 42.5 Å². The van der Waals surface area contributed by atoms with Gasteiger partial charge in [0.2, 0.25) is 0 Å². The van der Waals surface area contributed by atoms with Crippen molar-refractivity contribution < 1.29 is 14.3 Å². The summed E-state index contributed by atoms with van der Waals surface area (Å²) in [5.41, 5.74) is 4.46. The van der Waals surface area contributed by atoms with E-state index in [1.54, 1.807) is 7.11 Å². The highest BCUT2D eigenvalue weighted by atomic mass is 16.5. The number of benzene rings is 2. The van der Waals surface area contributed by atoms with E-state index in [4.69, 9.17) is 9.47 Å². The lowest BCUT2D eigenvalue weighted by atomic mass is 9.88. The third-order valence-electron chi connectivity index (χ3n) is 4.28. The second-order valence-electron chi connectivity index (χ2n) is 6.18. The lowest BCUT2D eigenvalue weighted by molar-refractivity contribution is -0.148. The Hall–Kier alpha value is -2.29. The van der Waals surface area contributed by atoms with E-state index < -0.39 is 0 Å². The summed E-state index contributed by atoms with van der Waals surface area (Å²) in [6.45, 7) is 3.77. The van der Waals surface area contributed by atoms with E-state index in [9.17, 15) is 4.79 Å². The van der Waals surface area contributed by atoms with Gasteiger partial charge in [-0.1, -0.05) is 30.3 Å². The maximum absolute atomic E-state index is 12.8. The molecule has 1 aliphatic carbocycles. The minimum absolute atomic E-state index is 0.125. The molecule has 0 N–H and O–H groups in total. The van der Waals surface area contributed by atoms with Crippen LogP contribution in [-0.2, 0) is 22.4 Å². The van der Waals surface area contributed by atoms with Crippen LogP contribution < -0.4 is 4.74 Å². The predicted octanol–water partition coefficient (Wildman–Crippen LogP) is 3.88. The van der Waals surface area contributed by atoms with Gasteiger partial charge in [0.05, 0.1) is 13.2 Å². The van der Waals surface area contributed by atoms with E-state index in [0.29, 0.717) is 0 Å². The van der Waals surface area contributed by atoms with Gasteiger partial charge in [-0.25, -0.2) is 0 Å². The number of hydrogen-bond donors (Lipinski definition) is 0. The van der Waals surface area contributed by atoms with Crippen molar-refractivity contribution in [1.82, 2.24) is 0 Å². The number of rotatable bonds is 3. The maximum atomic E-state index is 12.8.